The van der Waals surface area contributed by atoms with E-state index in [1.807, 2.05) is 24.3 Å². The number of hydrogen-bond donors (Lipinski definition) is 2. The third-order valence-electron chi connectivity index (χ3n) is 4.22. The van der Waals surface area contributed by atoms with E-state index in [0.717, 1.165) is 12.8 Å². The molecule has 0 spiro atoms. The minimum atomic E-state index is -1.14. The smallest absolute Gasteiger partial charge is 0.336 e. The number of anilines is 1. The van der Waals surface area contributed by atoms with Crippen LogP contribution >= 0.6 is 0 Å². The van der Waals surface area contributed by atoms with E-state index in [0.29, 0.717) is 18.0 Å². The number of hydrogen-bond acceptors (Lipinski definition) is 3. The molecule has 0 bridgehead atoms. The summed E-state index contributed by atoms with van der Waals surface area (Å²) in [6.07, 6.45) is 1.82. The van der Waals surface area contributed by atoms with Crippen molar-refractivity contribution in [1.29, 1.82) is 0 Å². The van der Waals surface area contributed by atoms with E-state index in [-0.39, 0.29) is 11.1 Å². The lowest BCUT2D eigenvalue weighted by Crippen LogP contribution is -2.16. The number of rotatable bonds is 8. The van der Waals surface area contributed by atoms with Crippen molar-refractivity contribution in [3.05, 3.63) is 95.6 Å². The molecule has 3 aromatic carbocycles. The highest BCUT2D eigenvalue weighted by molar-refractivity contribution is 6.10. The maximum Gasteiger partial charge on any atom is 0.336 e. The molecule has 0 atom stereocenters. The Morgan fingerprint density at radius 3 is 2.32 bits per heavy atom. The van der Waals surface area contributed by atoms with Gasteiger partial charge < -0.3 is 15.2 Å². The predicted molar refractivity (Wildman–Crippen MR) is 108 cm³/mol. The summed E-state index contributed by atoms with van der Waals surface area (Å²) in [4.78, 5) is 23.7. The van der Waals surface area contributed by atoms with Gasteiger partial charge in [-0.1, -0.05) is 48.5 Å². The van der Waals surface area contributed by atoms with Crippen LogP contribution in [0.2, 0.25) is 0 Å². The van der Waals surface area contributed by atoms with Crippen LogP contribution in [0.3, 0.4) is 0 Å². The lowest BCUT2D eigenvalue weighted by Gasteiger charge is -2.10. The Balaban J connectivity index is 1.57. The minimum Gasteiger partial charge on any atom is -0.494 e. The number of aromatic carboxylic acids is 1. The normalized spacial score (nSPS) is 10.3. The zero-order chi connectivity index (χ0) is 19.8. The molecule has 3 rings (SSSR count). The summed E-state index contributed by atoms with van der Waals surface area (Å²) in [5, 5.41) is 12.0. The van der Waals surface area contributed by atoms with Gasteiger partial charge in [0.15, 0.2) is 0 Å². The number of carbonyl (C=O) groups is 2. The molecule has 0 saturated heterocycles. The number of carboxylic acid groups (broad SMARTS) is 1. The van der Waals surface area contributed by atoms with Crippen LogP contribution in [0.4, 0.5) is 5.69 Å². The van der Waals surface area contributed by atoms with Gasteiger partial charge in [0.05, 0.1) is 17.7 Å². The van der Waals surface area contributed by atoms with E-state index >= 15 is 0 Å². The van der Waals surface area contributed by atoms with Crippen LogP contribution in [-0.4, -0.2) is 23.6 Å². The van der Waals surface area contributed by atoms with Crippen molar-refractivity contribution in [3.8, 4) is 5.75 Å². The summed E-state index contributed by atoms with van der Waals surface area (Å²) in [5.74, 6) is -0.960. The van der Waals surface area contributed by atoms with Crippen LogP contribution in [0.15, 0.2) is 78.9 Å². The molecule has 0 aliphatic carbocycles. The number of nitrogens with one attached hydrogen (secondary N) is 1. The van der Waals surface area contributed by atoms with Gasteiger partial charge in [0.2, 0.25) is 0 Å². The maximum atomic E-state index is 12.5. The molecule has 5 nitrogen and oxygen atoms in total. The Hall–Kier alpha value is -3.60. The molecule has 0 aliphatic heterocycles. The second kappa shape index (κ2) is 9.37. The molecule has 2 N–H and O–H groups in total. The molecule has 0 radical (unpaired) electrons. The highest BCUT2D eigenvalue weighted by Gasteiger charge is 2.15. The number of carboxylic acids is 1. The fourth-order valence-corrected chi connectivity index (χ4v) is 2.84. The van der Waals surface area contributed by atoms with Crippen LogP contribution < -0.4 is 10.1 Å². The largest absolute Gasteiger partial charge is 0.494 e. The number of ether oxygens (including phenoxy) is 1. The Bertz CT molecular complexity index is 954. The van der Waals surface area contributed by atoms with Gasteiger partial charge in [0, 0.05) is 11.8 Å². The van der Waals surface area contributed by atoms with Crippen molar-refractivity contribution in [2.24, 2.45) is 0 Å². The van der Waals surface area contributed by atoms with Gasteiger partial charge in [0.1, 0.15) is 5.75 Å². The highest BCUT2D eigenvalue weighted by atomic mass is 16.5. The maximum absolute atomic E-state index is 12.5. The van der Waals surface area contributed by atoms with Crippen molar-refractivity contribution in [3.63, 3.8) is 0 Å². The zero-order valence-electron chi connectivity index (χ0n) is 15.3. The third-order valence-corrected chi connectivity index (χ3v) is 4.22. The molecule has 0 saturated carbocycles. The van der Waals surface area contributed by atoms with Gasteiger partial charge in [-0.2, -0.15) is 0 Å². The van der Waals surface area contributed by atoms with Crippen molar-refractivity contribution >= 4 is 17.6 Å². The molecular weight excluding hydrogens is 354 g/mol. The summed E-state index contributed by atoms with van der Waals surface area (Å²) < 4.78 is 5.77. The third kappa shape index (κ3) is 5.20. The quantitative estimate of drug-likeness (QED) is 0.562. The van der Waals surface area contributed by atoms with Gasteiger partial charge >= 0.3 is 5.97 Å². The summed E-state index contributed by atoms with van der Waals surface area (Å²) in [7, 11) is 0. The van der Waals surface area contributed by atoms with E-state index in [1.54, 1.807) is 30.3 Å². The molecule has 0 aromatic heterocycles. The van der Waals surface area contributed by atoms with E-state index < -0.39 is 11.9 Å². The van der Waals surface area contributed by atoms with Crippen molar-refractivity contribution in [2.45, 2.75) is 12.8 Å². The first-order valence-electron chi connectivity index (χ1n) is 9.04. The molecule has 0 aliphatic rings. The zero-order valence-corrected chi connectivity index (χ0v) is 15.3. The number of aryl methyl sites for hydroxylation is 1. The lowest BCUT2D eigenvalue weighted by molar-refractivity contribution is 0.0692. The van der Waals surface area contributed by atoms with Crippen molar-refractivity contribution < 1.29 is 19.4 Å². The summed E-state index contributed by atoms with van der Waals surface area (Å²) in [6, 6.07) is 23.4. The molecule has 5 heteroatoms. The first-order valence-corrected chi connectivity index (χ1v) is 9.04. The number of benzene rings is 3. The van der Waals surface area contributed by atoms with Crippen molar-refractivity contribution in [1.82, 2.24) is 0 Å². The molecule has 0 unspecified atom stereocenters. The number of amides is 1. The number of carbonyl (C=O) groups excluding carboxylic acids is 1. The lowest BCUT2D eigenvalue weighted by atomic mass is 10.1. The summed E-state index contributed by atoms with van der Waals surface area (Å²) >= 11 is 0. The second-order valence-electron chi connectivity index (χ2n) is 6.27. The molecule has 0 heterocycles. The van der Waals surface area contributed by atoms with E-state index in [2.05, 4.69) is 17.4 Å². The highest BCUT2D eigenvalue weighted by Crippen LogP contribution is 2.19. The average molecular weight is 375 g/mol. The van der Waals surface area contributed by atoms with Crippen LogP contribution in [0.1, 0.15) is 32.7 Å². The monoisotopic (exact) mass is 375 g/mol. The first kappa shape index (κ1) is 19.2. The van der Waals surface area contributed by atoms with Gasteiger partial charge in [-0.3, -0.25) is 4.79 Å². The van der Waals surface area contributed by atoms with Crippen molar-refractivity contribution in [2.75, 3.05) is 11.9 Å². The predicted octanol–water partition coefficient (Wildman–Crippen LogP) is 4.65. The van der Waals surface area contributed by atoms with Crippen LogP contribution in [-0.2, 0) is 6.42 Å². The van der Waals surface area contributed by atoms with E-state index in [4.69, 9.17) is 4.74 Å². The molecule has 28 heavy (non-hydrogen) atoms. The summed E-state index contributed by atoms with van der Waals surface area (Å²) in [5.41, 5.74) is 1.90. The summed E-state index contributed by atoms with van der Waals surface area (Å²) in [6.45, 7) is 0.564. The van der Waals surface area contributed by atoms with Gasteiger partial charge in [0.25, 0.3) is 5.91 Å². The van der Waals surface area contributed by atoms with Crippen LogP contribution in [0, 0.1) is 0 Å². The minimum absolute atomic E-state index is 0.0340. The molecule has 142 valence electrons. The van der Waals surface area contributed by atoms with Crippen LogP contribution in [0.25, 0.3) is 0 Å². The average Bonchev–Trinajstić information content (AvgIpc) is 2.72. The fraction of sp³-hybridized carbons (Fsp3) is 0.130. The Labute approximate surface area is 163 Å². The molecular formula is C23H21NO4. The van der Waals surface area contributed by atoms with E-state index in [9.17, 15) is 14.7 Å². The van der Waals surface area contributed by atoms with Gasteiger partial charge in [-0.15, -0.1) is 0 Å². The van der Waals surface area contributed by atoms with Gasteiger partial charge in [-0.05, 0) is 42.7 Å². The topological polar surface area (TPSA) is 75.6 Å². The standard InChI is InChI=1S/C23H21NO4/c25-22(20-13-4-5-14-21(20)23(26)27)24-18-11-6-12-19(16-18)28-15-7-10-17-8-2-1-3-9-17/h1-6,8-9,11-14,16H,7,10,15H2,(H,24,25)(H,26,27). The Morgan fingerprint density at radius 1 is 0.857 bits per heavy atom. The van der Waals surface area contributed by atoms with Crippen LogP contribution in [0.5, 0.6) is 5.75 Å². The van der Waals surface area contributed by atoms with Gasteiger partial charge in [-0.25, -0.2) is 4.79 Å². The fourth-order valence-electron chi connectivity index (χ4n) is 2.84. The Morgan fingerprint density at radius 2 is 1.57 bits per heavy atom. The molecule has 0 fully saturated rings. The molecule has 3 aromatic rings. The second-order valence-corrected chi connectivity index (χ2v) is 6.27. The molecule has 1 amide bonds. The SMILES string of the molecule is O=C(O)c1ccccc1C(=O)Nc1cccc(OCCCc2ccccc2)c1. The van der Waals surface area contributed by atoms with E-state index in [1.165, 1.54) is 17.7 Å². The first-order chi connectivity index (χ1) is 13.6. The Kier molecular flexibility index (Phi) is 6.41.